The van der Waals surface area contributed by atoms with Gasteiger partial charge >= 0.3 is 5.97 Å². The summed E-state index contributed by atoms with van der Waals surface area (Å²) in [4.78, 5) is 35.6. The fraction of sp³-hybridized carbons (Fsp3) is 0.700. The van der Waals surface area contributed by atoms with Gasteiger partial charge < -0.3 is 15.3 Å². The number of amides is 2. The van der Waals surface area contributed by atoms with Crippen LogP contribution in [0.3, 0.4) is 0 Å². The molecule has 2 N–H and O–H groups in total. The largest absolute Gasteiger partial charge is 0.480 e. The smallest absolute Gasteiger partial charge is 0.326 e. The molecule has 0 aromatic carbocycles. The summed E-state index contributed by atoms with van der Waals surface area (Å²) in [6.07, 6.45) is 1.69. The fourth-order valence-electron chi connectivity index (χ4n) is 1.86. The van der Waals surface area contributed by atoms with Gasteiger partial charge in [0.1, 0.15) is 12.1 Å². The summed E-state index contributed by atoms with van der Waals surface area (Å²) in [5.74, 6) is -0.907. The topological polar surface area (TPSA) is 86.7 Å². The molecular formula is C10H14N2O4S. The zero-order valence-corrected chi connectivity index (χ0v) is 10.2. The highest BCUT2D eigenvalue weighted by Gasteiger charge is 2.42. The van der Waals surface area contributed by atoms with Gasteiger partial charge in [-0.05, 0) is 19.8 Å². The van der Waals surface area contributed by atoms with E-state index >= 15 is 0 Å². The first-order chi connectivity index (χ1) is 8.00. The van der Waals surface area contributed by atoms with E-state index in [1.165, 1.54) is 11.8 Å². The highest BCUT2D eigenvalue weighted by Crippen LogP contribution is 2.30. The van der Waals surface area contributed by atoms with Gasteiger partial charge in [-0.15, -0.1) is 0 Å². The minimum absolute atomic E-state index is 0.0242. The number of hydrogen-bond acceptors (Lipinski definition) is 4. The van der Waals surface area contributed by atoms with Crippen LogP contribution in [0, 0.1) is 0 Å². The minimum atomic E-state index is -1.01. The molecule has 0 aromatic heterocycles. The van der Waals surface area contributed by atoms with E-state index in [2.05, 4.69) is 5.32 Å². The first-order valence-electron chi connectivity index (χ1n) is 5.49. The predicted octanol–water partition coefficient (Wildman–Crippen LogP) is 0.276. The van der Waals surface area contributed by atoms with E-state index in [0.717, 1.165) is 24.6 Å². The number of nitrogens with zero attached hydrogens (tertiary/aromatic N) is 1. The summed E-state index contributed by atoms with van der Waals surface area (Å²) in [7, 11) is 0. The lowest BCUT2D eigenvalue weighted by molar-refractivity contribution is -0.150. The lowest BCUT2D eigenvalue weighted by atomic mass is 10.2. The van der Waals surface area contributed by atoms with Crippen LogP contribution < -0.4 is 5.32 Å². The second-order valence-electron chi connectivity index (χ2n) is 4.29. The van der Waals surface area contributed by atoms with Crippen LogP contribution in [0.1, 0.15) is 19.8 Å². The lowest BCUT2D eigenvalue weighted by Crippen LogP contribution is -2.52. The van der Waals surface area contributed by atoms with Gasteiger partial charge in [0, 0.05) is 11.8 Å². The molecule has 1 heterocycles. The Morgan fingerprint density at radius 1 is 1.53 bits per heavy atom. The maximum Gasteiger partial charge on any atom is 0.326 e. The second-order valence-corrected chi connectivity index (χ2v) is 5.28. The van der Waals surface area contributed by atoms with Crippen LogP contribution in [-0.2, 0) is 9.59 Å². The van der Waals surface area contributed by atoms with Gasteiger partial charge in [-0.1, -0.05) is 11.8 Å². The van der Waals surface area contributed by atoms with E-state index in [1.54, 1.807) is 0 Å². The number of thioether (sulfide) groups is 1. The first-order valence-corrected chi connectivity index (χ1v) is 6.47. The maximum atomic E-state index is 12.2. The molecule has 2 atom stereocenters. The number of nitrogens with one attached hydrogen (secondary N) is 1. The Morgan fingerprint density at radius 2 is 2.18 bits per heavy atom. The molecular weight excluding hydrogens is 244 g/mol. The van der Waals surface area contributed by atoms with Gasteiger partial charge in [0.2, 0.25) is 5.91 Å². The molecule has 7 heteroatoms. The molecule has 0 aromatic rings. The lowest BCUT2D eigenvalue weighted by Gasteiger charge is -2.28. The van der Waals surface area contributed by atoms with Gasteiger partial charge in [0.15, 0.2) is 0 Å². The van der Waals surface area contributed by atoms with Crippen LogP contribution in [0.25, 0.3) is 0 Å². The van der Waals surface area contributed by atoms with Crippen LogP contribution in [-0.4, -0.2) is 51.0 Å². The minimum Gasteiger partial charge on any atom is -0.480 e. The van der Waals surface area contributed by atoms with Gasteiger partial charge in [-0.2, -0.15) is 0 Å². The molecule has 0 spiro atoms. The average molecular weight is 258 g/mol. The van der Waals surface area contributed by atoms with E-state index in [0.29, 0.717) is 5.75 Å². The summed E-state index contributed by atoms with van der Waals surface area (Å²) >= 11 is 1.06. The van der Waals surface area contributed by atoms with Gasteiger partial charge in [0.25, 0.3) is 5.24 Å². The quantitative estimate of drug-likeness (QED) is 0.756. The molecule has 17 heavy (non-hydrogen) atoms. The van der Waals surface area contributed by atoms with Crippen LogP contribution in [0.5, 0.6) is 0 Å². The normalized spacial score (nSPS) is 25.2. The third kappa shape index (κ3) is 2.54. The third-order valence-corrected chi connectivity index (χ3v) is 3.82. The highest BCUT2D eigenvalue weighted by atomic mass is 32.2. The second kappa shape index (κ2) is 4.56. The molecule has 0 radical (unpaired) electrons. The van der Waals surface area contributed by atoms with Crippen molar-refractivity contribution >= 4 is 28.9 Å². The molecule has 2 amide bonds. The van der Waals surface area contributed by atoms with Crippen molar-refractivity contribution in [2.24, 2.45) is 0 Å². The van der Waals surface area contributed by atoms with Gasteiger partial charge in [-0.25, -0.2) is 4.79 Å². The van der Waals surface area contributed by atoms with Crippen LogP contribution >= 0.6 is 11.8 Å². The number of carboxylic acid groups (broad SMARTS) is 1. The molecule has 0 bridgehead atoms. The van der Waals surface area contributed by atoms with Crippen molar-refractivity contribution in [2.45, 2.75) is 37.9 Å². The van der Waals surface area contributed by atoms with Crippen LogP contribution in [0.15, 0.2) is 0 Å². The first kappa shape index (κ1) is 12.2. The predicted molar refractivity (Wildman–Crippen MR) is 61.7 cm³/mol. The molecule has 94 valence electrons. The third-order valence-electron chi connectivity index (χ3n) is 2.94. The Kier molecular flexibility index (Phi) is 3.28. The molecule has 1 saturated heterocycles. The Hall–Kier alpha value is -1.24. The van der Waals surface area contributed by atoms with Crippen LogP contribution in [0.4, 0.5) is 4.79 Å². The number of carboxylic acids is 1. The molecule has 2 rings (SSSR count). The number of aliphatic carboxylic acids is 1. The number of carbonyl (C=O) groups is 3. The Labute approximate surface area is 103 Å². The summed E-state index contributed by atoms with van der Waals surface area (Å²) < 4.78 is 0. The summed E-state index contributed by atoms with van der Waals surface area (Å²) in [5, 5.41) is 11.3. The monoisotopic (exact) mass is 258 g/mol. The zero-order valence-electron chi connectivity index (χ0n) is 9.38. The highest BCUT2D eigenvalue weighted by molar-refractivity contribution is 8.14. The van der Waals surface area contributed by atoms with E-state index in [-0.39, 0.29) is 17.2 Å². The molecule has 1 aliphatic heterocycles. The number of rotatable bonds is 4. The van der Waals surface area contributed by atoms with Gasteiger partial charge in [-0.3, -0.25) is 9.59 Å². The van der Waals surface area contributed by atoms with Crippen molar-refractivity contribution < 1.29 is 19.5 Å². The molecule has 2 fully saturated rings. The summed E-state index contributed by atoms with van der Waals surface area (Å²) in [6, 6.07) is -1.39. The van der Waals surface area contributed by atoms with Crippen molar-refractivity contribution in [1.29, 1.82) is 0 Å². The van der Waals surface area contributed by atoms with Crippen molar-refractivity contribution in [3.63, 3.8) is 0 Å². The zero-order chi connectivity index (χ0) is 12.6. The Morgan fingerprint density at radius 3 is 2.59 bits per heavy atom. The Bertz CT molecular complexity index is 369. The van der Waals surface area contributed by atoms with Crippen molar-refractivity contribution in [2.75, 3.05) is 5.75 Å². The van der Waals surface area contributed by atoms with Crippen molar-refractivity contribution in [1.82, 2.24) is 10.2 Å². The molecule has 2 aliphatic rings. The molecule has 1 unspecified atom stereocenters. The van der Waals surface area contributed by atoms with Crippen LogP contribution in [0.2, 0.25) is 0 Å². The van der Waals surface area contributed by atoms with Crippen molar-refractivity contribution in [3.05, 3.63) is 0 Å². The summed E-state index contributed by atoms with van der Waals surface area (Å²) in [6.45, 7) is 1.50. The summed E-state index contributed by atoms with van der Waals surface area (Å²) in [5.41, 5.74) is 0. The van der Waals surface area contributed by atoms with Crippen molar-refractivity contribution in [3.8, 4) is 0 Å². The van der Waals surface area contributed by atoms with Gasteiger partial charge in [0.05, 0.1) is 0 Å². The van der Waals surface area contributed by atoms with E-state index < -0.39 is 18.1 Å². The van der Waals surface area contributed by atoms with E-state index in [9.17, 15) is 14.4 Å². The van der Waals surface area contributed by atoms with E-state index in [1.807, 2.05) is 0 Å². The standard InChI is InChI=1S/C10H14N2O4S/c1-5(9(14)15)12(6-2-3-6)8(13)7-4-17-10(16)11-7/h5-7H,2-4H2,1H3,(H,11,16)(H,14,15)/t5?,7-/m0/s1. The fourth-order valence-corrected chi connectivity index (χ4v) is 2.63. The SMILES string of the molecule is CC(C(=O)O)N(C(=O)[C@@H]1CSC(=O)N1)C1CC1. The average Bonchev–Trinajstić information content (AvgIpc) is 3.00. The number of hydrogen-bond donors (Lipinski definition) is 2. The molecule has 1 aliphatic carbocycles. The van der Waals surface area contributed by atoms with E-state index in [4.69, 9.17) is 5.11 Å². The molecule has 6 nitrogen and oxygen atoms in total. The molecule has 1 saturated carbocycles. The maximum absolute atomic E-state index is 12.2. The Balaban J connectivity index is 2.08. The number of carbonyl (C=O) groups excluding carboxylic acids is 2.